The Balaban J connectivity index is 0.00000102. The second kappa shape index (κ2) is 9.92. The average Bonchev–Trinajstić information content (AvgIpc) is 2.46. The summed E-state index contributed by atoms with van der Waals surface area (Å²) in [5.41, 5.74) is -0.165. The van der Waals surface area contributed by atoms with E-state index in [1.165, 1.54) is 20.1 Å². The molecule has 4 heteroatoms. The molecule has 22 heavy (non-hydrogen) atoms. The Morgan fingerprint density at radius 3 is 1.95 bits per heavy atom. The zero-order chi connectivity index (χ0) is 17.3. The van der Waals surface area contributed by atoms with Crippen LogP contribution in [0, 0.1) is 34.4 Å². The molecule has 2 saturated carbocycles. The standard InChI is InChI=1S/C14H21BNO2.2C2H6/c1-9-3-11-4-10(2)6-14(5-9,7-11)12(13(17)18)15-8-16;2*1-2/h9-12H,3-7H2,1-2H3,(H,17,18);2*1-2H3. The van der Waals surface area contributed by atoms with E-state index < -0.39 is 11.8 Å². The van der Waals surface area contributed by atoms with Crippen molar-refractivity contribution in [3.05, 3.63) is 0 Å². The van der Waals surface area contributed by atoms with E-state index in [9.17, 15) is 9.90 Å². The molecular weight excluding hydrogens is 273 g/mol. The van der Waals surface area contributed by atoms with E-state index in [0.29, 0.717) is 17.8 Å². The molecule has 1 N–H and O–H groups in total. The molecule has 0 saturated heterocycles. The molecule has 2 rings (SSSR count). The summed E-state index contributed by atoms with van der Waals surface area (Å²) in [5.74, 6) is 2.39. The highest BCUT2D eigenvalue weighted by molar-refractivity contribution is 6.52. The van der Waals surface area contributed by atoms with Gasteiger partial charge in [0.05, 0.1) is 5.82 Å². The molecule has 2 aliphatic carbocycles. The minimum atomic E-state index is -0.821. The van der Waals surface area contributed by atoms with Crippen molar-refractivity contribution in [1.82, 2.24) is 0 Å². The Bertz CT molecular complexity index is 358. The summed E-state index contributed by atoms with van der Waals surface area (Å²) in [6.45, 7) is 12.4. The lowest BCUT2D eigenvalue weighted by Crippen LogP contribution is -2.45. The number of hydrogen-bond donors (Lipinski definition) is 1. The van der Waals surface area contributed by atoms with E-state index in [1.807, 2.05) is 33.7 Å². The van der Waals surface area contributed by atoms with Gasteiger partial charge in [-0.15, -0.1) is 0 Å². The van der Waals surface area contributed by atoms with Crippen LogP contribution >= 0.6 is 0 Å². The molecule has 125 valence electrons. The van der Waals surface area contributed by atoms with E-state index in [0.717, 1.165) is 19.3 Å². The monoisotopic (exact) mass is 306 g/mol. The lowest BCUT2D eigenvalue weighted by molar-refractivity contribution is -0.142. The minimum absolute atomic E-state index is 0.165. The summed E-state index contributed by atoms with van der Waals surface area (Å²) in [7, 11) is 1.36. The lowest BCUT2D eigenvalue weighted by Gasteiger charge is -2.52. The van der Waals surface area contributed by atoms with Crippen LogP contribution in [0.15, 0.2) is 0 Å². The molecule has 2 bridgehead atoms. The van der Waals surface area contributed by atoms with Crippen molar-refractivity contribution in [2.24, 2.45) is 23.2 Å². The fraction of sp³-hybridized carbons (Fsp3) is 0.889. The molecule has 0 spiro atoms. The number of nitrogens with zero attached hydrogens (tertiary/aromatic N) is 1. The number of aliphatic carboxylic acids is 1. The van der Waals surface area contributed by atoms with Gasteiger partial charge in [-0.3, -0.25) is 4.79 Å². The van der Waals surface area contributed by atoms with Crippen LogP contribution in [0.2, 0.25) is 5.82 Å². The van der Waals surface area contributed by atoms with Gasteiger partial charge in [-0.2, -0.15) is 0 Å². The van der Waals surface area contributed by atoms with Crippen molar-refractivity contribution in [2.75, 3.05) is 0 Å². The molecule has 1 radical (unpaired) electrons. The van der Waals surface area contributed by atoms with Gasteiger partial charge >= 0.3 is 0 Å². The minimum Gasteiger partial charge on any atom is -0.482 e. The van der Waals surface area contributed by atoms with E-state index in [2.05, 4.69) is 13.8 Å². The number of carboxylic acid groups (broad SMARTS) is 1. The molecule has 0 aliphatic heterocycles. The first-order chi connectivity index (χ1) is 10.5. The number of hydrogen-bond acceptors (Lipinski definition) is 2. The Kier molecular flexibility index (Phi) is 9.48. The first-order valence-electron chi connectivity index (χ1n) is 8.92. The van der Waals surface area contributed by atoms with Crippen molar-refractivity contribution in [2.45, 2.75) is 79.5 Å². The van der Waals surface area contributed by atoms with Crippen molar-refractivity contribution in [1.29, 1.82) is 5.26 Å². The highest BCUT2D eigenvalue weighted by Gasteiger charge is 2.51. The molecule has 2 aliphatic rings. The van der Waals surface area contributed by atoms with Gasteiger partial charge in [-0.25, -0.2) is 5.26 Å². The molecular formula is C18H33BNO2. The van der Waals surface area contributed by atoms with Gasteiger partial charge in [0, 0.05) is 0 Å². The maximum atomic E-state index is 11.5. The fourth-order valence-corrected chi connectivity index (χ4v) is 4.75. The van der Waals surface area contributed by atoms with Gasteiger partial charge in [-0.1, -0.05) is 41.5 Å². The molecule has 3 unspecified atom stereocenters. The van der Waals surface area contributed by atoms with Crippen LogP contribution < -0.4 is 0 Å². The number of fused-ring (bicyclic) bond motifs is 2. The number of carbonyl (C=O) groups is 1. The molecule has 0 aromatic rings. The molecule has 0 amide bonds. The van der Waals surface area contributed by atoms with Gasteiger partial charge in [0.1, 0.15) is 0 Å². The highest BCUT2D eigenvalue weighted by Crippen LogP contribution is 2.58. The molecule has 3 nitrogen and oxygen atoms in total. The summed E-state index contributed by atoms with van der Waals surface area (Å²) in [4.78, 5) is 11.5. The lowest BCUT2D eigenvalue weighted by atomic mass is 9.44. The predicted molar refractivity (Wildman–Crippen MR) is 92.8 cm³/mol. The Morgan fingerprint density at radius 2 is 1.59 bits per heavy atom. The summed E-state index contributed by atoms with van der Waals surface area (Å²) in [5, 5.41) is 18.3. The second-order valence-corrected chi connectivity index (χ2v) is 6.63. The van der Waals surface area contributed by atoms with Crippen LogP contribution in [0.25, 0.3) is 0 Å². The van der Waals surface area contributed by atoms with Crippen LogP contribution in [0.3, 0.4) is 0 Å². The van der Waals surface area contributed by atoms with Crippen molar-refractivity contribution in [3.63, 3.8) is 0 Å². The van der Waals surface area contributed by atoms with Gasteiger partial charge < -0.3 is 5.11 Å². The maximum absolute atomic E-state index is 11.5. The van der Waals surface area contributed by atoms with Crippen LogP contribution in [-0.2, 0) is 4.79 Å². The van der Waals surface area contributed by atoms with Crippen LogP contribution in [0.5, 0.6) is 0 Å². The zero-order valence-electron chi connectivity index (χ0n) is 15.2. The fourth-order valence-electron chi connectivity index (χ4n) is 4.75. The van der Waals surface area contributed by atoms with Gasteiger partial charge in [0.2, 0.25) is 0 Å². The summed E-state index contributed by atoms with van der Waals surface area (Å²) < 4.78 is 0. The van der Waals surface area contributed by atoms with Crippen LogP contribution in [0.1, 0.15) is 73.6 Å². The third-order valence-corrected chi connectivity index (χ3v) is 4.84. The van der Waals surface area contributed by atoms with Gasteiger partial charge in [-0.05, 0) is 61.2 Å². The quantitative estimate of drug-likeness (QED) is 0.750. The molecule has 2 fully saturated rings. The normalized spacial score (nSPS) is 33.8. The maximum Gasteiger partial charge on any atom is 0.300 e. The van der Waals surface area contributed by atoms with Gasteiger partial charge in [0.15, 0.2) is 0 Å². The molecule has 3 atom stereocenters. The molecule has 0 aromatic heterocycles. The van der Waals surface area contributed by atoms with E-state index in [1.54, 1.807) is 0 Å². The first kappa shape index (κ1) is 21.0. The SMILES string of the molecule is CC.CC.CC1CC2CC(C)CC(C([B]C#N)C(=O)O)(C1)C2. The third kappa shape index (κ3) is 5.04. The first-order valence-corrected chi connectivity index (χ1v) is 8.92. The van der Waals surface area contributed by atoms with Crippen molar-refractivity contribution >= 4 is 13.2 Å². The van der Waals surface area contributed by atoms with Crippen molar-refractivity contribution < 1.29 is 9.90 Å². The average molecular weight is 306 g/mol. The van der Waals surface area contributed by atoms with Crippen molar-refractivity contribution in [3.8, 4) is 5.97 Å². The number of nitriles is 1. The Morgan fingerprint density at radius 1 is 1.14 bits per heavy atom. The smallest absolute Gasteiger partial charge is 0.300 e. The third-order valence-electron chi connectivity index (χ3n) is 4.84. The second-order valence-electron chi connectivity index (χ2n) is 6.63. The zero-order valence-corrected chi connectivity index (χ0v) is 15.2. The van der Waals surface area contributed by atoms with Crippen LogP contribution in [0.4, 0.5) is 0 Å². The van der Waals surface area contributed by atoms with Gasteiger partial charge in [0.25, 0.3) is 13.2 Å². The van der Waals surface area contributed by atoms with E-state index in [4.69, 9.17) is 5.26 Å². The topological polar surface area (TPSA) is 61.1 Å². The predicted octanol–water partition coefficient (Wildman–Crippen LogP) is 4.95. The molecule has 0 aromatic carbocycles. The molecule has 0 heterocycles. The number of carboxylic acids is 1. The highest BCUT2D eigenvalue weighted by atomic mass is 16.4. The summed E-state index contributed by atoms with van der Waals surface area (Å²) in [6, 6.07) is 0. The van der Waals surface area contributed by atoms with Crippen LogP contribution in [-0.4, -0.2) is 18.4 Å². The summed E-state index contributed by atoms with van der Waals surface area (Å²) in [6.07, 6.45) is 5.37. The largest absolute Gasteiger partial charge is 0.482 e. The number of rotatable bonds is 3. The Hall–Kier alpha value is -0.975. The summed E-state index contributed by atoms with van der Waals surface area (Å²) >= 11 is 0. The van der Waals surface area contributed by atoms with E-state index >= 15 is 0 Å². The van der Waals surface area contributed by atoms with E-state index in [-0.39, 0.29) is 5.41 Å². The Labute approximate surface area is 137 Å².